The number of anilines is 2. The highest BCUT2D eigenvalue weighted by atomic mass is 32.1. The SMILES string of the molecule is COC(=O)Nc1ccc(NC(=O)c2cc(C)c(C)s2)cc1. The summed E-state index contributed by atoms with van der Waals surface area (Å²) in [6.07, 6.45) is -0.531. The molecule has 0 saturated carbocycles. The number of carbonyl (C=O) groups excluding carboxylic acids is 2. The number of thiophene rings is 1. The number of methoxy groups -OCH3 is 1. The summed E-state index contributed by atoms with van der Waals surface area (Å²) in [5.41, 5.74) is 2.38. The molecule has 0 aliphatic carbocycles. The topological polar surface area (TPSA) is 67.4 Å². The zero-order valence-electron chi connectivity index (χ0n) is 12.0. The maximum atomic E-state index is 12.1. The molecule has 110 valence electrons. The van der Waals surface area contributed by atoms with E-state index in [1.165, 1.54) is 18.4 Å². The molecule has 0 aliphatic heterocycles. The van der Waals surface area contributed by atoms with Crippen LogP contribution >= 0.6 is 11.3 Å². The number of nitrogens with one attached hydrogen (secondary N) is 2. The quantitative estimate of drug-likeness (QED) is 0.906. The average molecular weight is 304 g/mol. The van der Waals surface area contributed by atoms with Crippen LogP contribution in [0, 0.1) is 13.8 Å². The lowest BCUT2D eigenvalue weighted by Gasteiger charge is -2.06. The van der Waals surface area contributed by atoms with Crippen LogP contribution in [0.4, 0.5) is 16.2 Å². The van der Waals surface area contributed by atoms with E-state index in [4.69, 9.17) is 0 Å². The number of amides is 2. The van der Waals surface area contributed by atoms with Gasteiger partial charge in [-0.2, -0.15) is 0 Å². The molecule has 0 aliphatic rings. The largest absolute Gasteiger partial charge is 0.453 e. The minimum absolute atomic E-state index is 0.134. The maximum absolute atomic E-state index is 12.1. The minimum Gasteiger partial charge on any atom is -0.453 e. The fraction of sp³-hybridized carbons (Fsp3) is 0.200. The average Bonchev–Trinajstić information content (AvgIpc) is 2.81. The normalized spacial score (nSPS) is 10.0. The Morgan fingerprint density at radius 2 is 1.62 bits per heavy atom. The molecule has 2 N–H and O–H groups in total. The summed E-state index contributed by atoms with van der Waals surface area (Å²) in [5.74, 6) is -0.134. The summed E-state index contributed by atoms with van der Waals surface area (Å²) in [5, 5.41) is 5.36. The molecule has 5 nitrogen and oxygen atoms in total. The van der Waals surface area contributed by atoms with Gasteiger partial charge in [-0.3, -0.25) is 10.1 Å². The second-order valence-corrected chi connectivity index (χ2v) is 5.75. The summed E-state index contributed by atoms with van der Waals surface area (Å²) in [4.78, 5) is 25.0. The van der Waals surface area contributed by atoms with Gasteiger partial charge in [0, 0.05) is 16.3 Å². The summed E-state index contributed by atoms with van der Waals surface area (Å²) in [6, 6.07) is 8.70. The van der Waals surface area contributed by atoms with Crippen molar-refractivity contribution in [2.24, 2.45) is 0 Å². The molecule has 21 heavy (non-hydrogen) atoms. The van der Waals surface area contributed by atoms with Crippen molar-refractivity contribution >= 4 is 34.7 Å². The molecular weight excluding hydrogens is 288 g/mol. The Labute approximate surface area is 126 Å². The predicted molar refractivity (Wildman–Crippen MR) is 84.2 cm³/mol. The Morgan fingerprint density at radius 3 is 2.10 bits per heavy atom. The number of ether oxygens (including phenoxy) is 1. The third kappa shape index (κ3) is 3.82. The molecule has 0 radical (unpaired) electrons. The van der Waals surface area contributed by atoms with Crippen molar-refractivity contribution < 1.29 is 14.3 Å². The molecule has 2 rings (SSSR count). The molecule has 0 unspecified atom stereocenters. The van der Waals surface area contributed by atoms with Gasteiger partial charge in [0.2, 0.25) is 0 Å². The Bertz CT molecular complexity index is 643. The molecule has 1 aromatic heterocycles. The van der Waals surface area contributed by atoms with Gasteiger partial charge in [-0.15, -0.1) is 11.3 Å². The smallest absolute Gasteiger partial charge is 0.411 e. The van der Waals surface area contributed by atoms with E-state index in [2.05, 4.69) is 15.4 Å². The Balaban J connectivity index is 2.03. The van der Waals surface area contributed by atoms with Crippen LogP contribution in [-0.2, 0) is 4.74 Å². The second kappa shape index (κ2) is 6.41. The maximum Gasteiger partial charge on any atom is 0.411 e. The Hall–Kier alpha value is -2.34. The zero-order valence-corrected chi connectivity index (χ0v) is 12.8. The van der Waals surface area contributed by atoms with Gasteiger partial charge >= 0.3 is 6.09 Å². The van der Waals surface area contributed by atoms with Crippen LogP contribution in [0.15, 0.2) is 30.3 Å². The fourth-order valence-corrected chi connectivity index (χ4v) is 2.61. The molecule has 0 atom stereocenters. The summed E-state index contributed by atoms with van der Waals surface area (Å²) in [7, 11) is 1.30. The molecule has 0 spiro atoms. The predicted octanol–water partition coefficient (Wildman–Crippen LogP) is 3.80. The first-order chi connectivity index (χ1) is 9.99. The fourth-order valence-electron chi connectivity index (χ4n) is 1.68. The zero-order chi connectivity index (χ0) is 15.4. The minimum atomic E-state index is -0.531. The van der Waals surface area contributed by atoms with Crippen LogP contribution in [0.3, 0.4) is 0 Å². The van der Waals surface area contributed by atoms with Crippen molar-refractivity contribution in [2.45, 2.75) is 13.8 Å². The molecule has 0 saturated heterocycles. The van der Waals surface area contributed by atoms with Gasteiger partial charge in [-0.05, 0) is 49.7 Å². The highest BCUT2D eigenvalue weighted by molar-refractivity contribution is 7.14. The van der Waals surface area contributed by atoms with E-state index in [1.807, 2.05) is 19.9 Å². The molecule has 1 aromatic carbocycles. The van der Waals surface area contributed by atoms with Gasteiger partial charge < -0.3 is 10.1 Å². The van der Waals surface area contributed by atoms with E-state index in [0.717, 1.165) is 10.4 Å². The lowest BCUT2D eigenvalue weighted by molar-refractivity contribution is 0.103. The second-order valence-electron chi connectivity index (χ2n) is 4.50. The van der Waals surface area contributed by atoms with Crippen LogP contribution in [-0.4, -0.2) is 19.1 Å². The van der Waals surface area contributed by atoms with Crippen molar-refractivity contribution in [2.75, 3.05) is 17.7 Å². The van der Waals surface area contributed by atoms with Crippen molar-refractivity contribution in [1.82, 2.24) is 0 Å². The highest BCUT2D eigenvalue weighted by Gasteiger charge is 2.10. The Morgan fingerprint density at radius 1 is 1.05 bits per heavy atom. The van der Waals surface area contributed by atoms with E-state index in [0.29, 0.717) is 16.3 Å². The number of hydrogen-bond acceptors (Lipinski definition) is 4. The van der Waals surface area contributed by atoms with Crippen molar-refractivity contribution in [3.8, 4) is 0 Å². The lowest BCUT2D eigenvalue weighted by atomic mass is 10.2. The molecular formula is C15H16N2O3S. The van der Waals surface area contributed by atoms with Gasteiger partial charge in [0.15, 0.2) is 0 Å². The summed E-state index contributed by atoms with van der Waals surface area (Å²) >= 11 is 1.47. The van der Waals surface area contributed by atoms with E-state index in [9.17, 15) is 9.59 Å². The first-order valence-corrected chi connectivity index (χ1v) is 7.14. The number of rotatable bonds is 3. The third-order valence-corrected chi connectivity index (χ3v) is 4.12. The molecule has 2 amide bonds. The molecule has 0 fully saturated rings. The van der Waals surface area contributed by atoms with Gasteiger partial charge in [0.25, 0.3) is 5.91 Å². The monoisotopic (exact) mass is 304 g/mol. The van der Waals surface area contributed by atoms with Crippen molar-refractivity contribution in [1.29, 1.82) is 0 Å². The van der Waals surface area contributed by atoms with Crippen LogP contribution in [0.1, 0.15) is 20.1 Å². The molecule has 2 aromatic rings. The first-order valence-electron chi connectivity index (χ1n) is 6.33. The van der Waals surface area contributed by atoms with Gasteiger partial charge in [0.1, 0.15) is 0 Å². The highest BCUT2D eigenvalue weighted by Crippen LogP contribution is 2.22. The molecule has 1 heterocycles. The number of benzene rings is 1. The van der Waals surface area contributed by atoms with Gasteiger partial charge in [-0.1, -0.05) is 0 Å². The van der Waals surface area contributed by atoms with Crippen LogP contribution in [0.2, 0.25) is 0 Å². The van der Waals surface area contributed by atoms with Crippen molar-refractivity contribution in [3.63, 3.8) is 0 Å². The third-order valence-electron chi connectivity index (χ3n) is 2.96. The van der Waals surface area contributed by atoms with Crippen LogP contribution in [0.25, 0.3) is 0 Å². The van der Waals surface area contributed by atoms with Crippen molar-refractivity contribution in [3.05, 3.63) is 45.6 Å². The van der Waals surface area contributed by atoms with E-state index < -0.39 is 6.09 Å². The Kier molecular flexibility index (Phi) is 4.59. The molecule has 6 heteroatoms. The summed E-state index contributed by atoms with van der Waals surface area (Å²) < 4.78 is 4.50. The standard InChI is InChI=1S/C15H16N2O3S/c1-9-8-13(21-10(9)2)14(18)16-11-4-6-12(7-5-11)17-15(19)20-3/h4-8H,1-3H3,(H,16,18)(H,17,19). The van der Waals surface area contributed by atoms with Gasteiger partial charge in [0.05, 0.1) is 12.0 Å². The summed E-state index contributed by atoms with van der Waals surface area (Å²) in [6.45, 7) is 3.97. The number of hydrogen-bond donors (Lipinski definition) is 2. The molecule has 0 bridgehead atoms. The van der Waals surface area contributed by atoms with Gasteiger partial charge in [-0.25, -0.2) is 4.79 Å². The van der Waals surface area contributed by atoms with E-state index >= 15 is 0 Å². The van der Waals surface area contributed by atoms with Crippen LogP contribution < -0.4 is 10.6 Å². The van der Waals surface area contributed by atoms with E-state index in [-0.39, 0.29) is 5.91 Å². The number of aryl methyl sites for hydroxylation is 2. The van der Waals surface area contributed by atoms with E-state index in [1.54, 1.807) is 24.3 Å². The first kappa shape index (κ1) is 15.1. The number of carbonyl (C=O) groups is 2. The lowest BCUT2D eigenvalue weighted by Crippen LogP contribution is -2.12. The van der Waals surface area contributed by atoms with Crippen LogP contribution in [0.5, 0.6) is 0 Å².